The van der Waals surface area contributed by atoms with E-state index in [1.165, 1.54) is 11.8 Å². The van der Waals surface area contributed by atoms with Gasteiger partial charge in [0.25, 0.3) is 0 Å². The molecule has 2 aromatic carbocycles. The Hall–Kier alpha value is -3.08. The number of rotatable bonds is 8. The van der Waals surface area contributed by atoms with Crippen LogP contribution >= 0.6 is 0 Å². The Morgan fingerprint density at radius 1 is 1.12 bits per heavy atom. The summed E-state index contributed by atoms with van der Waals surface area (Å²) in [6, 6.07) is 17.0. The first-order chi connectivity index (χ1) is 12.1. The normalized spacial score (nSPS) is 9.96. The Morgan fingerprint density at radius 2 is 1.80 bits per heavy atom. The van der Waals surface area contributed by atoms with Crippen molar-refractivity contribution < 1.29 is 14.3 Å². The molecule has 0 heterocycles. The van der Waals surface area contributed by atoms with E-state index in [0.717, 1.165) is 5.56 Å². The zero-order valence-corrected chi connectivity index (χ0v) is 14.3. The van der Waals surface area contributed by atoms with E-state index in [-0.39, 0.29) is 18.4 Å². The van der Waals surface area contributed by atoms with Crippen LogP contribution in [0.25, 0.3) is 0 Å². The SMILES string of the molecule is C=CCNC(=O)CN(C(C)=O)c1ccc(OCc2ccccc2)cc1. The van der Waals surface area contributed by atoms with Crippen LogP contribution in [0, 0.1) is 0 Å². The number of carbonyl (C=O) groups is 2. The molecule has 0 aliphatic carbocycles. The van der Waals surface area contributed by atoms with Crippen molar-refractivity contribution in [2.45, 2.75) is 13.5 Å². The van der Waals surface area contributed by atoms with E-state index in [2.05, 4.69) is 11.9 Å². The summed E-state index contributed by atoms with van der Waals surface area (Å²) in [5.41, 5.74) is 1.73. The lowest BCUT2D eigenvalue weighted by atomic mass is 10.2. The fourth-order valence-corrected chi connectivity index (χ4v) is 2.23. The first-order valence-electron chi connectivity index (χ1n) is 8.02. The number of anilines is 1. The van der Waals surface area contributed by atoms with Crippen LogP contribution in [-0.4, -0.2) is 24.9 Å². The van der Waals surface area contributed by atoms with Crippen LogP contribution in [0.5, 0.6) is 5.75 Å². The molecule has 0 atom stereocenters. The number of nitrogens with zero attached hydrogens (tertiary/aromatic N) is 1. The summed E-state index contributed by atoms with van der Waals surface area (Å²) in [6.07, 6.45) is 1.59. The van der Waals surface area contributed by atoms with Gasteiger partial charge in [-0.05, 0) is 29.8 Å². The molecule has 0 unspecified atom stereocenters. The molecule has 130 valence electrons. The third-order valence-corrected chi connectivity index (χ3v) is 3.52. The predicted octanol–water partition coefficient (Wildman–Crippen LogP) is 2.92. The van der Waals surface area contributed by atoms with Crippen molar-refractivity contribution in [2.24, 2.45) is 0 Å². The van der Waals surface area contributed by atoms with Crippen LogP contribution in [-0.2, 0) is 16.2 Å². The lowest BCUT2D eigenvalue weighted by Gasteiger charge is -2.21. The number of hydrogen-bond acceptors (Lipinski definition) is 3. The van der Waals surface area contributed by atoms with E-state index in [9.17, 15) is 9.59 Å². The molecule has 0 spiro atoms. The molecule has 0 fully saturated rings. The highest BCUT2D eigenvalue weighted by Gasteiger charge is 2.15. The molecule has 5 nitrogen and oxygen atoms in total. The summed E-state index contributed by atoms with van der Waals surface area (Å²) >= 11 is 0. The molecule has 0 saturated heterocycles. The number of amides is 2. The first-order valence-corrected chi connectivity index (χ1v) is 8.02. The third-order valence-electron chi connectivity index (χ3n) is 3.52. The van der Waals surface area contributed by atoms with Gasteiger partial charge in [-0.3, -0.25) is 9.59 Å². The first kappa shape index (κ1) is 18.3. The number of carbonyl (C=O) groups excluding carboxylic acids is 2. The quantitative estimate of drug-likeness (QED) is 0.753. The summed E-state index contributed by atoms with van der Waals surface area (Å²) < 4.78 is 5.73. The predicted molar refractivity (Wildman–Crippen MR) is 98.4 cm³/mol. The molecule has 0 radical (unpaired) electrons. The molecule has 1 N–H and O–H groups in total. The summed E-state index contributed by atoms with van der Waals surface area (Å²) in [7, 11) is 0. The van der Waals surface area contributed by atoms with E-state index < -0.39 is 0 Å². The van der Waals surface area contributed by atoms with Crippen LogP contribution in [0.3, 0.4) is 0 Å². The van der Waals surface area contributed by atoms with Crippen molar-refractivity contribution in [3.8, 4) is 5.75 Å². The minimum atomic E-state index is -0.237. The van der Waals surface area contributed by atoms with Gasteiger partial charge in [0.1, 0.15) is 18.9 Å². The lowest BCUT2D eigenvalue weighted by Crippen LogP contribution is -2.39. The highest BCUT2D eigenvalue weighted by molar-refractivity contribution is 5.97. The van der Waals surface area contributed by atoms with Crippen LogP contribution in [0.15, 0.2) is 67.3 Å². The second-order valence-corrected chi connectivity index (χ2v) is 5.47. The second kappa shape index (κ2) is 9.27. The van der Waals surface area contributed by atoms with Gasteiger partial charge < -0.3 is 15.0 Å². The largest absolute Gasteiger partial charge is 0.489 e. The maximum Gasteiger partial charge on any atom is 0.240 e. The number of benzene rings is 2. The molecule has 0 bridgehead atoms. The van der Waals surface area contributed by atoms with E-state index >= 15 is 0 Å². The Kier molecular flexibility index (Phi) is 6.77. The van der Waals surface area contributed by atoms with Crippen LogP contribution < -0.4 is 15.0 Å². The standard InChI is InChI=1S/C20H22N2O3/c1-3-13-21-20(24)14-22(16(2)23)18-9-11-19(12-10-18)25-15-17-7-5-4-6-8-17/h3-12H,1,13-15H2,2H3,(H,21,24). The summed E-state index contributed by atoms with van der Waals surface area (Å²) in [6.45, 7) is 5.79. The third kappa shape index (κ3) is 5.80. The van der Waals surface area contributed by atoms with Gasteiger partial charge in [-0.15, -0.1) is 6.58 Å². The highest BCUT2D eigenvalue weighted by atomic mass is 16.5. The molecular formula is C20H22N2O3. The van der Waals surface area contributed by atoms with Gasteiger partial charge in [0, 0.05) is 19.2 Å². The van der Waals surface area contributed by atoms with Gasteiger partial charge in [0.05, 0.1) is 0 Å². The van der Waals surface area contributed by atoms with Gasteiger partial charge in [-0.2, -0.15) is 0 Å². The molecule has 0 aromatic heterocycles. The minimum absolute atomic E-state index is 0.0343. The molecule has 0 aliphatic heterocycles. The number of hydrogen-bond donors (Lipinski definition) is 1. The van der Waals surface area contributed by atoms with Gasteiger partial charge in [-0.1, -0.05) is 36.4 Å². The zero-order valence-electron chi connectivity index (χ0n) is 14.3. The highest BCUT2D eigenvalue weighted by Crippen LogP contribution is 2.20. The molecule has 2 aromatic rings. The summed E-state index contributed by atoms with van der Waals surface area (Å²) in [4.78, 5) is 25.1. The zero-order chi connectivity index (χ0) is 18.1. The number of nitrogens with one attached hydrogen (secondary N) is 1. The van der Waals surface area contributed by atoms with Gasteiger partial charge in [0.2, 0.25) is 11.8 Å². The Labute approximate surface area is 147 Å². The molecule has 25 heavy (non-hydrogen) atoms. The Balaban J connectivity index is 1.99. The van der Waals surface area contributed by atoms with Crippen LogP contribution in [0.2, 0.25) is 0 Å². The van der Waals surface area contributed by atoms with Crippen molar-refractivity contribution in [3.05, 3.63) is 72.8 Å². The maximum atomic E-state index is 11.8. The van der Waals surface area contributed by atoms with Gasteiger partial charge >= 0.3 is 0 Å². The monoisotopic (exact) mass is 338 g/mol. The van der Waals surface area contributed by atoms with E-state index in [1.807, 2.05) is 30.3 Å². The van der Waals surface area contributed by atoms with Crippen LogP contribution in [0.1, 0.15) is 12.5 Å². The van der Waals surface area contributed by atoms with Gasteiger partial charge in [-0.25, -0.2) is 0 Å². The Bertz CT molecular complexity index is 711. The van der Waals surface area contributed by atoms with Crippen LogP contribution in [0.4, 0.5) is 5.69 Å². The van der Waals surface area contributed by atoms with E-state index in [1.54, 1.807) is 30.3 Å². The average molecular weight is 338 g/mol. The second-order valence-electron chi connectivity index (χ2n) is 5.47. The topological polar surface area (TPSA) is 58.6 Å². The fourth-order valence-electron chi connectivity index (χ4n) is 2.23. The number of ether oxygens (including phenoxy) is 1. The van der Waals surface area contributed by atoms with Crippen molar-refractivity contribution in [1.82, 2.24) is 5.32 Å². The molecule has 2 rings (SSSR count). The smallest absolute Gasteiger partial charge is 0.240 e. The summed E-state index contributed by atoms with van der Waals surface area (Å²) in [5, 5.41) is 2.66. The van der Waals surface area contributed by atoms with E-state index in [4.69, 9.17) is 4.74 Å². The minimum Gasteiger partial charge on any atom is -0.489 e. The van der Waals surface area contributed by atoms with Crippen molar-refractivity contribution in [1.29, 1.82) is 0 Å². The van der Waals surface area contributed by atoms with E-state index in [0.29, 0.717) is 24.6 Å². The molecule has 0 aliphatic rings. The molecule has 2 amide bonds. The summed E-state index contributed by atoms with van der Waals surface area (Å²) in [5.74, 6) is 0.262. The van der Waals surface area contributed by atoms with Gasteiger partial charge in [0.15, 0.2) is 0 Å². The molecule has 0 saturated carbocycles. The molecular weight excluding hydrogens is 316 g/mol. The average Bonchev–Trinajstić information content (AvgIpc) is 2.64. The maximum absolute atomic E-state index is 11.8. The lowest BCUT2D eigenvalue weighted by molar-refractivity contribution is -0.122. The molecule has 5 heteroatoms. The Morgan fingerprint density at radius 3 is 2.40 bits per heavy atom. The van der Waals surface area contributed by atoms with Crippen molar-refractivity contribution in [2.75, 3.05) is 18.0 Å². The van der Waals surface area contributed by atoms with Crippen molar-refractivity contribution in [3.63, 3.8) is 0 Å². The fraction of sp³-hybridized carbons (Fsp3) is 0.200. The van der Waals surface area contributed by atoms with Crippen molar-refractivity contribution >= 4 is 17.5 Å².